The summed E-state index contributed by atoms with van der Waals surface area (Å²) >= 11 is 1.95. The van der Waals surface area contributed by atoms with Crippen molar-refractivity contribution in [2.24, 2.45) is 11.7 Å². The van der Waals surface area contributed by atoms with Crippen molar-refractivity contribution in [1.82, 2.24) is 4.90 Å². The van der Waals surface area contributed by atoms with Crippen LogP contribution in [0.2, 0.25) is 0 Å². The van der Waals surface area contributed by atoms with E-state index in [1.807, 2.05) is 11.8 Å². The average molecular weight is 301 g/mol. The van der Waals surface area contributed by atoms with Crippen LogP contribution in [0.4, 0.5) is 0 Å². The Bertz CT molecular complexity index is 259. The van der Waals surface area contributed by atoms with Gasteiger partial charge in [-0.05, 0) is 57.6 Å². The number of hydrogen-bond acceptors (Lipinski definition) is 3. The van der Waals surface area contributed by atoms with E-state index >= 15 is 0 Å². The SMILES string of the molecule is CCCC1CCCC(CN)(N(C)C(C)CCSC)CC1. The molecule has 120 valence electrons. The summed E-state index contributed by atoms with van der Waals surface area (Å²) in [6, 6.07) is 0.647. The molecule has 3 unspecified atom stereocenters. The molecule has 1 saturated carbocycles. The second-order valence-corrected chi connectivity index (χ2v) is 7.74. The predicted molar refractivity (Wildman–Crippen MR) is 93.5 cm³/mol. The van der Waals surface area contributed by atoms with Crippen LogP contribution in [0.5, 0.6) is 0 Å². The van der Waals surface area contributed by atoms with Gasteiger partial charge in [0.2, 0.25) is 0 Å². The molecule has 1 aliphatic carbocycles. The monoisotopic (exact) mass is 300 g/mol. The van der Waals surface area contributed by atoms with E-state index in [9.17, 15) is 0 Å². The maximum atomic E-state index is 6.25. The summed E-state index contributed by atoms with van der Waals surface area (Å²) in [5, 5.41) is 0. The van der Waals surface area contributed by atoms with Crippen LogP contribution in [-0.2, 0) is 0 Å². The second-order valence-electron chi connectivity index (χ2n) is 6.76. The van der Waals surface area contributed by atoms with Gasteiger partial charge in [-0.15, -0.1) is 0 Å². The van der Waals surface area contributed by atoms with Crippen molar-refractivity contribution in [3.63, 3.8) is 0 Å². The van der Waals surface area contributed by atoms with Crippen LogP contribution in [0.3, 0.4) is 0 Å². The first kappa shape index (κ1) is 18.3. The lowest BCUT2D eigenvalue weighted by Crippen LogP contribution is -2.55. The van der Waals surface area contributed by atoms with E-state index < -0.39 is 0 Å². The van der Waals surface area contributed by atoms with Crippen molar-refractivity contribution in [2.75, 3.05) is 25.6 Å². The largest absolute Gasteiger partial charge is 0.329 e. The van der Waals surface area contributed by atoms with Crippen molar-refractivity contribution < 1.29 is 0 Å². The Balaban J connectivity index is 2.65. The first-order valence-electron chi connectivity index (χ1n) is 8.51. The maximum absolute atomic E-state index is 6.25. The lowest BCUT2D eigenvalue weighted by atomic mass is 9.86. The summed E-state index contributed by atoms with van der Waals surface area (Å²) in [5.41, 5.74) is 6.51. The van der Waals surface area contributed by atoms with Crippen molar-refractivity contribution >= 4 is 11.8 Å². The molecule has 0 aromatic carbocycles. The zero-order chi connectivity index (χ0) is 15.0. The minimum atomic E-state index is 0.264. The van der Waals surface area contributed by atoms with Crippen LogP contribution in [0.15, 0.2) is 0 Å². The highest BCUT2D eigenvalue weighted by Gasteiger charge is 2.37. The van der Waals surface area contributed by atoms with Crippen LogP contribution < -0.4 is 5.73 Å². The van der Waals surface area contributed by atoms with Crippen LogP contribution in [-0.4, -0.2) is 42.1 Å². The summed E-state index contributed by atoms with van der Waals surface area (Å²) in [6.07, 6.45) is 13.0. The fraction of sp³-hybridized carbons (Fsp3) is 1.00. The Labute approximate surface area is 131 Å². The number of nitrogens with zero attached hydrogens (tertiary/aromatic N) is 1. The molecule has 0 bridgehead atoms. The molecule has 0 radical (unpaired) electrons. The Kier molecular flexibility index (Phi) is 8.54. The minimum absolute atomic E-state index is 0.264. The summed E-state index contributed by atoms with van der Waals surface area (Å²) < 4.78 is 0. The van der Waals surface area contributed by atoms with Gasteiger partial charge in [-0.3, -0.25) is 4.90 Å². The zero-order valence-corrected chi connectivity index (χ0v) is 15.0. The first-order valence-corrected chi connectivity index (χ1v) is 9.91. The predicted octanol–water partition coefficient (Wildman–Crippen LogP) is 4.14. The number of rotatable bonds is 8. The lowest BCUT2D eigenvalue weighted by molar-refractivity contribution is 0.0671. The molecule has 1 aliphatic rings. The lowest BCUT2D eigenvalue weighted by Gasteiger charge is -2.44. The topological polar surface area (TPSA) is 29.3 Å². The molecule has 20 heavy (non-hydrogen) atoms. The molecule has 0 aromatic heterocycles. The number of likely N-dealkylation sites (N-methyl/N-ethyl adjacent to an activating group) is 1. The maximum Gasteiger partial charge on any atom is 0.0331 e. The molecule has 1 fully saturated rings. The van der Waals surface area contributed by atoms with Crippen molar-refractivity contribution in [2.45, 2.75) is 76.8 Å². The Morgan fingerprint density at radius 1 is 1.35 bits per heavy atom. The third-order valence-electron chi connectivity index (χ3n) is 5.50. The van der Waals surface area contributed by atoms with Gasteiger partial charge in [0.1, 0.15) is 0 Å². The molecule has 1 rings (SSSR count). The Morgan fingerprint density at radius 3 is 2.70 bits per heavy atom. The van der Waals surface area contributed by atoms with E-state index in [0.29, 0.717) is 6.04 Å². The highest BCUT2D eigenvalue weighted by atomic mass is 32.2. The number of nitrogens with two attached hydrogens (primary N) is 1. The average Bonchev–Trinajstić information content (AvgIpc) is 2.67. The molecule has 2 nitrogen and oxygen atoms in total. The van der Waals surface area contributed by atoms with Gasteiger partial charge in [-0.1, -0.05) is 32.6 Å². The zero-order valence-electron chi connectivity index (χ0n) is 14.2. The third kappa shape index (κ3) is 4.92. The molecular formula is C17H36N2S. The van der Waals surface area contributed by atoms with E-state index in [0.717, 1.165) is 12.5 Å². The summed E-state index contributed by atoms with van der Waals surface area (Å²) in [6.45, 7) is 5.52. The van der Waals surface area contributed by atoms with E-state index in [4.69, 9.17) is 5.73 Å². The fourth-order valence-electron chi connectivity index (χ4n) is 3.81. The molecule has 0 heterocycles. The van der Waals surface area contributed by atoms with Crippen molar-refractivity contribution in [3.05, 3.63) is 0 Å². The quantitative estimate of drug-likeness (QED) is 0.683. The van der Waals surface area contributed by atoms with E-state index in [-0.39, 0.29) is 5.54 Å². The van der Waals surface area contributed by atoms with Gasteiger partial charge in [-0.2, -0.15) is 11.8 Å². The summed E-state index contributed by atoms with van der Waals surface area (Å²) in [4.78, 5) is 2.62. The molecule has 2 N–H and O–H groups in total. The number of thioether (sulfide) groups is 1. The second kappa shape index (κ2) is 9.32. The van der Waals surface area contributed by atoms with Gasteiger partial charge in [0.15, 0.2) is 0 Å². The molecular weight excluding hydrogens is 264 g/mol. The summed E-state index contributed by atoms with van der Waals surface area (Å²) in [7, 11) is 2.32. The van der Waals surface area contributed by atoms with Crippen LogP contribution in [0.25, 0.3) is 0 Å². The van der Waals surface area contributed by atoms with E-state index in [1.165, 1.54) is 57.1 Å². The molecule has 0 aromatic rings. The molecule has 3 heteroatoms. The highest BCUT2D eigenvalue weighted by Crippen LogP contribution is 2.36. The van der Waals surface area contributed by atoms with Gasteiger partial charge in [-0.25, -0.2) is 0 Å². The van der Waals surface area contributed by atoms with Crippen LogP contribution in [0.1, 0.15) is 65.2 Å². The molecule has 0 spiro atoms. The van der Waals surface area contributed by atoms with Gasteiger partial charge in [0.25, 0.3) is 0 Å². The highest BCUT2D eigenvalue weighted by molar-refractivity contribution is 7.98. The van der Waals surface area contributed by atoms with Crippen LogP contribution in [0, 0.1) is 5.92 Å². The van der Waals surface area contributed by atoms with Gasteiger partial charge < -0.3 is 5.73 Å². The summed E-state index contributed by atoms with van der Waals surface area (Å²) in [5.74, 6) is 2.20. The standard InChI is InChI=1S/C17H36N2S/c1-5-7-16-8-6-11-17(14-18,12-9-16)19(3)15(2)10-13-20-4/h15-16H,5-14,18H2,1-4H3. The van der Waals surface area contributed by atoms with Crippen LogP contribution >= 0.6 is 11.8 Å². The smallest absolute Gasteiger partial charge is 0.0331 e. The van der Waals surface area contributed by atoms with Gasteiger partial charge in [0.05, 0.1) is 0 Å². The molecule has 0 aliphatic heterocycles. The molecule has 0 amide bonds. The van der Waals surface area contributed by atoms with Crippen molar-refractivity contribution in [1.29, 1.82) is 0 Å². The minimum Gasteiger partial charge on any atom is -0.329 e. The van der Waals surface area contributed by atoms with E-state index in [1.54, 1.807) is 0 Å². The Morgan fingerprint density at radius 2 is 2.10 bits per heavy atom. The fourth-order valence-corrected chi connectivity index (χ4v) is 4.39. The van der Waals surface area contributed by atoms with E-state index in [2.05, 4.69) is 32.1 Å². The normalized spacial score (nSPS) is 29.4. The third-order valence-corrected chi connectivity index (χ3v) is 6.14. The van der Waals surface area contributed by atoms with Gasteiger partial charge in [0, 0.05) is 18.1 Å². The first-order chi connectivity index (χ1) is 9.59. The van der Waals surface area contributed by atoms with Crippen molar-refractivity contribution in [3.8, 4) is 0 Å². The molecule has 0 saturated heterocycles. The molecule has 3 atom stereocenters. The number of hydrogen-bond donors (Lipinski definition) is 1. The Hall–Kier alpha value is 0.270. The van der Waals surface area contributed by atoms with Gasteiger partial charge >= 0.3 is 0 Å².